The Morgan fingerprint density at radius 1 is 1.09 bits per heavy atom. The van der Waals surface area contributed by atoms with Crippen LogP contribution < -0.4 is 21.3 Å². The summed E-state index contributed by atoms with van der Waals surface area (Å²) in [5.74, 6) is -1.74. The molecule has 9 nitrogen and oxygen atoms in total. The lowest BCUT2D eigenvalue weighted by Crippen LogP contribution is -2.55. The van der Waals surface area contributed by atoms with Gasteiger partial charge in [0.1, 0.15) is 5.69 Å². The maximum Gasteiger partial charge on any atom is 0.257 e. The van der Waals surface area contributed by atoms with Gasteiger partial charge in [-0.05, 0) is 52.8 Å². The maximum atomic E-state index is 15.8. The van der Waals surface area contributed by atoms with Crippen molar-refractivity contribution in [1.82, 2.24) is 25.2 Å². The van der Waals surface area contributed by atoms with Crippen molar-refractivity contribution in [3.63, 3.8) is 0 Å². The normalized spacial score (nSPS) is 20.0. The van der Waals surface area contributed by atoms with Gasteiger partial charge in [0.2, 0.25) is 0 Å². The van der Waals surface area contributed by atoms with Crippen LogP contribution >= 0.6 is 11.6 Å². The van der Waals surface area contributed by atoms with Gasteiger partial charge in [0, 0.05) is 55.8 Å². The first kappa shape index (κ1) is 31.2. The molecule has 1 aliphatic carbocycles. The summed E-state index contributed by atoms with van der Waals surface area (Å²) in [5, 5.41) is 14.9. The van der Waals surface area contributed by atoms with Crippen molar-refractivity contribution in [2.24, 2.45) is 0 Å². The van der Waals surface area contributed by atoms with E-state index in [1.165, 1.54) is 55.8 Å². The van der Waals surface area contributed by atoms with E-state index in [2.05, 4.69) is 51.6 Å². The molecule has 2 aliphatic rings. The molecule has 0 spiro atoms. The van der Waals surface area contributed by atoms with E-state index in [4.69, 9.17) is 17.3 Å². The van der Waals surface area contributed by atoms with Gasteiger partial charge >= 0.3 is 0 Å². The minimum Gasteiger partial charge on any atom is -0.396 e. The number of hydrogen-bond acceptors (Lipinski definition) is 7. The fraction of sp³-hybridized carbons (Fsp3) is 0.516. The first-order chi connectivity index (χ1) is 20.5. The molecule has 1 amide bonds. The van der Waals surface area contributed by atoms with Crippen LogP contribution in [0.25, 0.3) is 5.69 Å². The number of nitrogen functional groups attached to an aromatic ring is 1. The number of anilines is 3. The van der Waals surface area contributed by atoms with E-state index in [0.717, 1.165) is 12.2 Å². The standard InChI is InChI=1S/C31H41ClF2N8O/c1-18-15-41(16-19(2)40(18)4)28-13-24(33)27(42-17-22(38-39-42)10-11-36-21-8-6-5-7-9-21)14-26(28)37-31(43)23-12-25(35)30(34)20(3)29(23)32/h12-14,17-19,21,36H,5-11,15-16,35H2,1-4H3,(H,37,43)/t18-,19+. The van der Waals surface area contributed by atoms with E-state index in [-0.39, 0.29) is 39.6 Å². The molecule has 4 N–H and O–H groups in total. The van der Waals surface area contributed by atoms with Crippen LogP contribution in [0.5, 0.6) is 0 Å². The van der Waals surface area contributed by atoms with E-state index >= 15 is 4.39 Å². The van der Waals surface area contributed by atoms with Crippen molar-refractivity contribution in [3.05, 3.63) is 57.9 Å². The highest BCUT2D eigenvalue weighted by molar-refractivity contribution is 6.35. The Labute approximate surface area is 256 Å². The SMILES string of the molecule is Cc1c(F)c(N)cc(C(=O)Nc2cc(-n3cc(CCNC4CCCCC4)nn3)c(F)cc2N2C[C@@H](C)N(C)[C@@H](C)C2)c1Cl. The molecule has 5 rings (SSSR count). The zero-order valence-corrected chi connectivity index (χ0v) is 26.0. The molecule has 0 unspecified atom stereocenters. The molecule has 1 aliphatic heterocycles. The average Bonchev–Trinajstić information content (AvgIpc) is 3.46. The predicted octanol–water partition coefficient (Wildman–Crippen LogP) is 5.34. The molecular weight excluding hydrogens is 574 g/mol. The minimum absolute atomic E-state index is 0.0299. The van der Waals surface area contributed by atoms with Gasteiger partial charge in [-0.3, -0.25) is 9.69 Å². The molecule has 2 aromatic carbocycles. The number of carbonyl (C=O) groups is 1. The number of rotatable bonds is 8. The largest absolute Gasteiger partial charge is 0.396 e. The second-order valence-electron chi connectivity index (χ2n) is 12.0. The van der Waals surface area contributed by atoms with E-state index in [1.807, 2.05) is 0 Å². The van der Waals surface area contributed by atoms with Crippen LogP contribution in [-0.4, -0.2) is 70.6 Å². The zero-order valence-electron chi connectivity index (χ0n) is 25.3. The number of halogens is 3. The van der Waals surface area contributed by atoms with Gasteiger partial charge in [-0.25, -0.2) is 13.5 Å². The second-order valence-corrected chi connectivity index (χ2v) is 12.4. The van der Waals surface area contributed by atoms with Crippen LogP contribution in [0, 0.1) is 18.6 Å². The molecule has 1 saturated carbocycles. The van der Waals surface area contributed by atoms with Gasteiger partial charge < -0.3 is 21.3 Å². The van der Waals surface area contributed by atoms with Crippen molar-refractivity contribution < 1.29 is 13.6 Å². The molecule has 1 saturated heterocycles. The Morgan fingerprint density at radius 2 is 1.79 bits per heavy atom. The van der Waals surface area contributed by atoms with Gasteiger partial charge in [0.25, 0.3) is 5.91 Å². The van der Waals surface area contributed by atoms with Crippen molar-refractivity contribution >= 4 is 34.6 Å². The third kappa shape index (κ3) is 6.78. The zero-order chi connectivity index (χ0) is 30.8. The molecule has 2 fully saturated rings. The van der Waals surface area contributed by atoms with Gasteiger partial charge in [-0.15, -0.1) is 5.10 Å². The molecule has 232 valence electrons. The number of piperazine rings is 1. The average molecular weight is 615 g/mol. The van der Waals surface area contributed by atoms with E-state index in [0.29, 0.717) is 36.9 Å². The van der Waals surface area contributed by atoms with Crippen LogP contribution in [0.1, 0.15) is 67.6 Å². The number of hydrogen-bond donors (Lipinski definition) is 3. The van der Waals surface area contributed by atoms with Crippen LogP contribution in [0.3, 0.4) is 0 Å². The lowest BCUT2D eigenvalue weighted by atomic mass is 9.95. The summed E-state index contributed by atoms with van der Waals surface area (Å²) in [6.07, 6.45) is 8.59. The summed E-state index contributed by atoms with van der Waals surface area (Å²) in [4.78, 5) is 17.8. The summed E-state index contributed by atoms with van der Waals surface area (Å²) < 4.78 is 31.5. The Kier molecular flexibility index (Phi) is 9.53. The van der Waals surface area contributed by atoms with Gasteiger partial charge in [-0.1, -0.05) is 36.1 Å². The summed E-state index contributed by atoms with van der Waals surface area (Å²) in [6, 6.07) is 5.13. The Hall–Kier alpha value is -3.28. The highest BCUT2D eigenvalue weighted by Gasteiger charge is 2.30. The predicted molar refractivity (Wildman–Crippen MR) is 167 cm³/mol. The molecule has 0 radical (unpaired) electrons. The quantitative estimate of drug-likeness (QED) is 0.295. The number of nitrogens with two attached hydrogens (primary N) is 1. The van der Waals surface area contributed by atoms with E-state index in [9.17, 15) is 9.18 Å². The van der Waals surface area contributed by atoms with Crippen molar-refractivity contribution in [1.29, 1.82) is 0 Å². The summed E-state index contributed by atoms with van der Waals surface area (Å²) in [6.45, 7) is 7.71. The summed E-state index contributed by atoms with van der Waals surface area (Å²) in [5.41, 5.74) is 7.54. The Bertz CT molecular complexity index is 1460. The Morgan fingerprint density at radius 3 is 2.49 bits per heavy atom. The molecular formula is C31H41ClF2N8O. The second kappa shape index (κ2) is 13.2. The number of nitrogens with zero attached hydrogens (tertiary/aromatic N) is 5. The number of amides is 1. The number of nitrogens with one attached hydrogen (secondary N) is 2. The van der Waals surface area contributed by atoms with Gasteiger partial charge in [0.05, 0.1) is 39.5 Å². The molecule has 1 aromatic heterocycles. The van der Waals surface area contributed by atoms with Crippen LogP contribution in [0.2, 0.25) is 5.02 Å². The fourth-order valence-electron chi connectivity index (χ4n) is 6.08. The lowest BCUT2D eigenvalue weighted by Gasteiger charge is -2.44. The number of aromatic nitrogens is 3. The van der Waals surface area contributed by atoms with Gasteiger partial charge in [0.15, 0.2) is 11.6 Å². The van der Waals surface area contributed by atoms with E-state index < -0.39 is 17.5 Å². The first-order valence-electron chi connectivity index (χ1n) is 15.0. The molecule has 3 aromatic rings. The monoisotopic (exact) mass is 614 g/mol. The van der Waals surface area contributed by atoms with Crippen LogP contribution in [-0.2, 0) is 6.42 Å². The van der Waals surface area contributed by atoms with Gasteiger partial charge in [-0.2, -0.15) is 0 Å². The minimum atomic E-state index is -0.664. The molecule has 2 heterocycles. The smallest absolute Gasteiger partial charge is 0.257 e. The van der Waals surface area contributed by atoms with Crippen molar-refractivity contribution in [2.45, 2.75) is 77.4 Å². The topological polar surface area (TPSA) is 104 Å². The van der Waals surface area contributed by atoms with Crippen LogP contribution in [0.4, 0.5) is 25.8 Å². The molecule has 12 heteroatoms. The molecule has 2 atom stereocenters. The van der Waals surface area contributed by atoms with Crippen LogP contribution in [0.15, 0.2) is 24.4 Å². The highest BCUT2D eigenvalue weighted by Crippen LogP contribution is 2.35. The Balaban J connectivity index is 1.44. The highest BCUT2D eigenvalue weighted by atomic mass is 35.5. The van der Waals surface area contributed by atoms with Crippen molar-refractivity contribution in [2.75, 3.05) is 42.6 Å². The first-order valence-corrected chi connectivity index (χ1v) is 15.4. The molecule has 43 heavy (non-hydrogen) atoms. The number of benzene rings is 2. The lowest BCUT2D eigenvalue weighted by molar-refractivity contribution is 0.102. The fourth-order valence-corrected chi connectivity index (χ4v) is 6.31. The number of likely N-dealkylation sites (N-methyl/N-ethyl adjacent to an activating group) is 1. The molecule has 0 bridgehead atoms. The third-order valence-electron chi connectivity index (χ3n) is 8.91. The summed E-state index contributed by atoms with van der Waals surface area (Å²) >= 11 is 6.36. The van der Waals surface area contributed by atoms with E-state index in [1.54, 1.807) is 12.3 Å². The third-order valence-corrected chi connectivity index (χ3v) is 9.40. The maximum absolute atomic E-state index is 15.8. The summed E-state index contributed by atoms with van der Waals surface area (Å²) in [7, 11) is 2.06. The van der Waals surface area contributed by atoms with Crippen molar-refractivity contribution in [3.8, 4) is 5.69 Å². The number of carbonyl (C=O) groups excluding carboxylic acids is 1.